The maximum Gasteiger partial charge on any atom is 0.401 e. The van der Waals surface area contributed by atoms with E-state index in [-0.39, 0.29) is 61.5 Å². The Balaban J connectivity index is 1.35. The minimum absolute atomic E-state index is 0.0297. The van der Waals surface area contributed by atoms with E-state index in [0.29, 0.717) is 0 Å². The van der Waals surface area contributed by atoms with Gasteiger partial charge >= 0.3 is 12.6 Å². The second-order valence-corrected chi connectivity index (χ2v) is 8.82. The van der Waals surface area contributed by atoms with Gasteiger partial charge < -0.3 is 18.8 Å². The number of halogens is 6. The van der Waals surface area contributed by atoms with Gasteiger partial charge in [0.15, 0.2) is 0 Å². The molecule has 1 aliphatic carbocycles. The number of ether oxygens (including phenoxy) is 1. The van der Waals surface area contributed by atoms with Crippen LogP contribution in [0.3, 0.4) is 0 Å². The third-order valence-corrected chi connectivity index (χ3v) is 6.91. The van der Waals surface area contributed by atoms with Crippen molar-refractivity contribution in [1.82, 2.24) is 15.1 Å². The lowest BCUT2D eigenvalue weighted by Crippen LogP contribution is -2.45. The second-order valence-electron chi connectivity index (χ2n) is 8.82. The Hall–Kier alpha value is -2.96. The van der Waals surface area contributed by atoms with Crippen molar-refractivity contribution in [3.63, 3.8) is 0 Å². The Morgan fingerprint density at radius 3 is 2.59 bits per heavy atom. The van der Waals surface area contributed by atoms with Gasteiger partial charge in [-0.3, -0.25) is 4.79 Å². The highest BCUT2D eigenvalue weighted by Gasteiger charge is 2.72. The summed E-state index contributed by atoms with van der Waals surface area (Å²) in [4.78, 5) is 25.6. The number of nitrogens with zero attached hydrogens (tertiary/aromatic N) is 3. The average molecular weight is 489 g/mol. The Kier molecular flexibility index (Phi) is 5.22. The molecule has 7 nitrogen and oxygen atoms in total. The van der Waals surface area contributed by atoms with E-state index in [0.717, 1.165) is 6.07 Å². The highest BCUT2D eigenvalue weighted by molar-refractivity contribution is 5.99. The van der Waals surface area contributed by atoms with Gasteiger partial charge in [0.2, 0.25) is 5.89 Å². The maximum absolute atomic E-state index is 14.8. The molecule has 2 aliphatic heterocycles. The normalized spacial score (nSPS) is 29.0. The summed E-state index contributed by atoms with van der Waals surface area (Å²) in [6.07, 6.45) is -7.88. The molecular formula is C21H17F6N3O4. The topological polar surface area (TPSA) is 85.5 Å². The van der Waals surface area contributed by atoms with Crippen molar-refractivity contribution >= 4 is 12.2 Å². The van der Waals surface area contributed by atoms with Gasteiger partial charge in [-0.2, -0.15) is 22.0 Å². The first kappa shape index (κ1) is 22.8. The van der Waals surface area contributed by atoms with Crippen LogP contribution in [0.15, 0.2) is 16.5 Å². The predicted molar refractivity (Wildman–Crippen MR) is 99.9 cm³/mol. The number of benzene rings is 1. The zero-order valence-electron chi connectivity index (χ0n) is 17.3. The van der Waals surface area contributed by atoms with Gasteiger partial charge in [0, 0.05) is 23.3 Å². The molecule has 5 rings (SSSR count). The summed E-state index contributed by atoms with van der Waals surface area (Å²) in [7, 11) is 0. The largest absolute Gasteiger partial charge is 0.415 e. The molecule has 1 aromatic heterocycles. The third kappa shape index (κ3) is 3.48. The predicted octanol–water partition coefficient (Wildman–Crippen LogP) is 3.94. The molecule has 2 fully saturated rings. The van der Waals surface area contributed by atoms with Crippen molar-refractivity contribution in [1.29, 1.82) is 0 Å². The number of carbonyl (C=O) groups excluding carboxylic acids is 2. The van der Waals surface area contributed by atoms with Crippen molar-refractivity contribution in [3.05, 3.63) is 35.0 Å². The Labute approximate surface area is 188 Å². The van der Waals surface area contributed by atoms with Crippen molar-refractivity contribution in [2.24, 2.45) is 17.3 Å². The van der Waals surface area contributed by atoms with Gasteiger partial charge in [0.25, 0.3) is 11.8 Å². The van der Waals surface area contributed by atoms with E-state index in [9.17, 15) is 35.9 Å². The number of hydrogen-bond donors (Lipinski definition) is 0. The van der Waals surface area contributed by atoms with Crippen LogP contribution < -0.4 is 0 Å². The molecule has 4 atom stereocenters. The summed E-state index contributed by atoms with van der Waals surface area (Å²) >= 11 is 0. The van der Waals surface area contributed by atoms with E-state index in [1.165, 1.54) is 11.0 Å². The molecular weight excluding hydrogens is 472 g/mol. The van der Waals surface area contributed by atoms with Crippen LogP contribution in [-0.4, -0.2) is 52.7 Å². The zero-order chi connectivity index (χ0) is 24.4. The highest BCUT2D eigenvalue weighted by atomic mass is 19.4. The standard InChI is InChI=1S/C21H17F6N3O4/c22-15-3-9(17-28-29-18(34-17)16(23)24)2-12-13(15)5-30(19(12)32)11-1-10(6-33-7-11)14-4-20(14,8-31)21(25,26)27/h2-3,8,10-11,14,16H,1,4-7H2/t10?,11-,14?,20?/m0/s1. The number of hydrogen-bond acceptors (Lipinski definition) is 6. The summed E-state index contributed by atoms with van der Waals surface area (Å²) in [6, 6.07) is 1.63. The van der Waals surface area contributed by atoms with Crippen LogP contribution in [0.2, 0.25) is 0 Å². The van der Waals surface area contributed by atoms with Gasteiger partial charge in [-0.25, -0.2) is 4.39 Å². The van der Waals surface area contributed by atoms with Gasteiger partial charge in [-0.15, -0.1) is 10.2 Å². The van der Waals surface area contributed by atoms with Crippen LogP contribution in [0.25, 0.3) is 11.5 Å². The SMILES string of the molecule is O=CC1(C(F)(F)F)CC1C1COC[C@@H](N2Cc3c(F)cc(-c4nnc(C(F)F)o4)cc3C2=O)C1. The Morgan fingerprint density at radius 1 is 1.21 bits per heavy atom. The molecule has 1 amide bonds. The summed E-state index contributed by atoms with van der Waals surface area (Å²) in [5.41, 5.74) is -2.41. The quantitative estimate of drug-likeness (QED) is 0.467. The number of alkyl halides is 5. The van der Waals surface area contributed by atoms with E-state index >= 15 is 0 Å². The molecule has 182 valence electrons. The average Bonchev–Trinajstić information content (AvgIpc) is 3.19. The maximum atomic E-state index is 14.8. The molecule has 13 heteroatoms. The highest BCUT2D eigenvalue weighted by Crippen LogP contribution is 2.64. The number of aromatic nitrogens is 2. The first-order valence-electron chi connectivity index (χ1n) is 10.4. The van der Waals surface area contributed by atoms with E-state index in [4.69, 9.17) is 9.15 Å². The molecule has 0 spiro atoms. The van der Waals surface area contributed by atoms with Crippen LogP contribution in [-0.2, 0) is 16.1 Å². The Bertz CT molecular complexity index is 1150. The molecule has 34 heavy (non-hydrogen) atoms. The number of rotatable bonds is 5. The smallest absolute Gasteiger partial charge is 0.401 e. The molecule has 1 aromatic carbocycles. The molecule has 3 heterocycles. The summed E-state index contributed by atoms with van der Waals surface area (Å²) in [5, 5.41) is 6.64. The van der Waals surface area contributed by atoms with Gasteiger partial charge in [-0.05, 0) is 36.8 Å². The number of aldehydes is 1. The van der Waals surface area contributed by atoms with E-state index < -0.39 is 53.5 Å². The minimum atomic E-state index is -4.66. The first-order valence-corrected chi connectivity index (χ1v) is 10.4. The molecule has 3 unspecified atom stereocenters. The fourth-order valence-electron chi connectivity index (χ4n) is 5.00. The van der Waals surface area contributed by atoms with Crippen LogP contribution in [0, 0.1) is 23.1 Å². The molecule has 0 radical (unpaired) electrons. The van der Waals surface area contributed by atoms with E-state index in [1.807, 2.05) is 0 Å². The van der Waals surface area contributed by atoms with Crippen LogP contribution in [0.5, 0.6) is 0 Å². The van der Waals surface area contributed by atoms with Crippen molar-refractivity contribution in [3.8, 4) is 11.5 Å². The van der Waals surface area contributed by atoms with Crippen LogP contribution in [0.4, 0.5) is 26.3 Å². The van der Waals surface area contributed by atoms with Gasteiger partial charge in [-0.1, -0.05) is 0 Å². The molecule has 0 N–H and O–H groups in total. The number of fused-ring (bicyclic) bond motifs is 1. The molecule has 3 aliphatic rings. The van der Waals surface area contributed by atoms with Gasteiger partial charge in [0.05, 0.1) is 19.2 Å². The number of carbonyl (C=O) groups is 2. The lowest BCUT2D eigenvalue weighted by atomic mass is 9.88. The van der Waals surface area contributed by atoms with Crippen molar-refractivity contribution in [2.75, 3.05) is 13.2 Å². The first-order chi connectivity index (χ1) is 16.1. The fourth-order valence-corrected chi connectivity index (χ4v) is 5.00. The van der Waals surface area contributed by atoms with Crippen LogP contribution >= 0.6 is 0 Å². The molecule has 1 saturated carbocycles. The monoisotopic (exact) mass is 489 g/mol. The fraction of sp³-hybridized carbons (Fsp3) is 0.524. The lowest BCUT2D eigenvalue weighted by molar-refractivity contribution is -0.191. The zero-order valence-corrected chi connectivity index (χ0v) is 17.3. The van der Waals surface area contributed by atoms with Gasteiger partial charge in [0.1, 0.15) is 17.5 Å². The third-order valence-electron chi connectivity index (χ3n) is 6.91. The van der Waals surface area contributed by atoms with E-state index in [1.54, 1.807) is 0 Å². The molecule has 2 aromatic rings. The Morgan fingerprint density at radius 2 is 1.97 bits per heavy atom. The summed E-state index contributed by atoms with van der Waals surface area (Å²) in [5.74, 6) is -4.21. The lowest BCUT2D eigenvalue weighted by Gasteiger charge is -2.36. The minimum Gasteiger partial charge on any atom is -0.415 e. The molecule has 1 saturated heterocycles. The van der Waals surface area contributed by atoms with Crippen molar-refractivity contribution < 1.29 is 45.1 Å². The second kappa shape index (κ2) is 7.79. The van der Waals surface area contributed by atoms with Crippen molar-refractivity contribution in [2.45, 2.75) is 38.0 Å². The number of amides is 1. The summed E-state index contributed by atoms with van der Waals surface area (Å²) < 4.78 is 90.7. The molecule has 0 bridgehead atoms. The summed E-state index contributed by atoms with van der Waals surface area (Å²) in [6.45, 7) is -0.0429. The van der Waals surface area contributed by atoms with Crippen LogP contribution in [0.1, 0.15) is 41.1 Å². The van der Waals surface area contributed by atoms with E-state index in [2.05, 4.69) is 10.2 Å².